The predicted molar refractivity (Wildman–Crippen MR) is 74.9 cm³/mol. The van der Waals surface area contributed by atoms with Crippen molar-refractivity contribution in [3.8, 4) is 0 Å². The number of nitrogens with two attached hydrogens (primary N) is 1. The van der Waals surface area contributed by atoms with Gasteiger partial charge in [-0.25, -0.2) is 12.8 Å². The van der Waals surface area contributed by atoms with Crippen LogP contribution in [0.15, 0.2) is 17.0 Å². The summed E-state index contributed by atoms with van der Waals surface area (Å²) in [4.78, 5) is 0.0774. The Morgan fingerprint density at radius 3 is 2.42 bits per heavy atom. The summed E-state index contributed by atoms with van der Waals surface area (Å²) < 4.78 is 39.9. The molecule has 0 aliphatic carbocycles. The first kappa shape index (κ1) is 15.9. The summed E-state index contributed by atoms with van der Waals surface area (Å²) in [5.41, 5.74) is 5.70. The van der Waals surface area contributed by atoms with Gasteiger partial charge in [-0.15, -0.1) is 0 Å². The fourth-order valence-corrected chi connectivity index (χ4v) is 3.92. The fraction of sp³-hybridized carbons (Fsp3) is 0.538. The van der Waals surface area contributed by atoms with Crippen LogP contribution in [0, 0.1) is 12.7 Å². The van der Waals surface area contributed by atoms with E-state index in [1.165, 1.54) is 10.4 Å². The second-order valence-corrected chi connectivity index (χ2v) is 6.71. The maximum atomic E-state index is 13.3. The van der Waals surface area contributed by atoms with Crippen molar-refractivity contribution in [2.75, 3.05) is 12.3 Å². The van der Waals surface area contributed by atoms with E-state index in [0.29, 0.717) is 18.5 Å². The van der Waals surface area contributed by atoms with E-state index in [1.807, 2.05) is 20.8 Å². The Labute approximate surface area is 114 Å². The number of sulfonamides is 1. The van der Waals surface area contributed by atoms with Crippen LogP contribution in [0.25, 0.3) is 0 Å². The summed E-state index contributed by atoms with van der Waals surface area (Å²) in [7, 11) is -3.65. The zero-order chi connectivity index (χ0) is 14.8. The number of nitrogens with zero attached hydrogens (tertiary/aromatic N) is 1. The zero-order valence-corrected chi connectivity index (χ0v) is 12.6. The fourth-order valence-electron chi connectivity index (χ4n) is 1.95. The molecule has 0 aliphatic rings. The Balaban J connectivity index is 3.37. The molecular weight excluding hydrogens is 267 g/mol. The number of anilines is 1. The van der Waals surface area contributed by atoms with E-state index in [1.54, 1.807) is 6.92 Å². The molecule has 0 unspecified atom stereocenters. The van der Waals surface area contributed by atoms with Crippen molar-refractivity contribution in [1.29, 1.82) is 0 Å². The van der Waals surface area contributed by atoms with Crippen LogP contribution in [0.4, 0.5) is 10.1 Å². The largest absolute Gasteiger partial charge is 0.396 e. The van der Waals surface area contributed by atoms with Crippen LogP contribution in [-0.4, -0.2) is 25.3 Å². The molecule has 0 spiro atoms. The number of hydrogen-bond acceptors (Lipinski definition) is 3. The minimum absolute atomic E-state index is 0.0774. The normalized spacial score (nSPS) is 12.4. The lowest BCUT2D eigenvalue weighted by atomic mass is 10.2. The molecule has 0 atom stereocenters. The van der Waals surface area contributed by atoms with Crippen LogP contribution < -0.4 is 5.73 Å². The van der Waals surface area contributed by atoms with Crippen molar-refractivity contribution in [1.82, 2.24) is 4.31 Å². The van der Waals surface area contributed by atoms with Crippen molar-refractivity contribution in [3.05, 3.63) is 23.5 Å². The van der Waals surface area contributed by atoms with Gasteiger partial charge in [0.15, 0.2) is 0 Å². The zero-order valence-electron chi connectivity index (χ0n) is 11.8. The van der Waals surface area contributed by atoms with Crippen molar-refractivity contribution >= 4 is 15.7 Å². The van der Waals surface area contributed by atoms with Gasteiger partial charge in [-0.3, -0.25) is 0 Å². The Morgan fingerprint density at radius 1 is 1.37 bits per heavy atom. The molecule has 1 rings (SSSR count). The van der Waals surface area contributed by atoms with Gasteiger partial charge in [0, 0.05) is 12.6 Å². The molecule has 108 valence electrons. The van der Waals surface area contributed by atoms with Gasteiger partial charge in [-0.1, -0.05) is 6.92 Å². The highest BCUT2D eigenvalue weighted by atomic mass is 32.2. The van der Waals surface area contributed by atoms with Crippen molar-refractivity contribution < 1.29 is 12.8 Å². The molecule has 6 heteroatoms. The molecule has 0 saturated carbocycles. The van der Waals surface area contributed by atoms with Crippen LogP contribution in [0.3, 0.4) is 0 Å². The topological polar surface area (TPSA) is 63.4 Å². The van der Waals surface area contributed by atoms with E-state index in [4.69, 9.17) is 5.73 Å². The van der Waals surface area contributed by atoms with Crippen LogP contribution in [0.2, 0.25) is 0 Å². The highest BCUT2D eigenvalue weighted by Crippen LogP contribution is 2.25. The highest BCUT2D eigenvalue weighted by Gasteiger charge is 2.28. The van der Waals surface area contributed by atoms with Gasteiger partial charge in [0.05, 0.1) is 10.6 Å². The van der Waals surface area contributed by atoms with Crippen molar-refractivity contribution in [3.63, 3.8) is 0 Å². The quantitative estimate of drug-likeness (QED) is 0.847. The first-order valence-corrected chi connectivity index (χ1v) is 7.73. The number of nitrogen functional groups attached to an aromatic ring is 1. The van der Waals surface area contributed by atoms with Gasteiger partial charge in [0.1, 0.15) is 5.82 Å². The standard InChI is InChI=1S/C13H21FN2O2S/c1-5-6-16(9(2)3)19(17,18)13-8-12(15)11(14)7-10(13)4/h7-9H,5-6,15H2,1-4H3. The minimum Gasteiger partial charge on any atom is -0.396 e. The second-order valence-electron chi connectivity index (χ2n) is 4.85. The Hall–Kier alpha value is -1.14. The number of hydrogen-bond donors (Lipinski definition) is 1. The first-order valence-electron chi connectivity index (χ1n) is 6.29. The summed E-state index contributed by atoms with van der Waals surface area (Å²) in [6, 6.07) is 2.20. The summed E-state index contributed by atoms with van der Waals surface area (Å²) in [5, 5.41) is 0. The van der Waals surface area contributed by atoms with Crippen LogP contribution in [0.5, 0.6) is 0 Å². The van der Waals surface area contributed by atoms with Crippen LogP contribution in [-0.2, 0) is 10.0 Å². The van der Waals surface area contributed by atoms with Crippen LogP contribution in [0.1, 0.15) is 32.8 Å². The summed E-state index contributed by atoms with van der Waals surface area (Å²) >= 11 is 0. The molecule has 4 nitrogen and oxygen atoms in total. The lowest BCUT2D eigenvalue weighted by Crippen LogP contribution is -2.37. The second kappa shape index (κ2) is 5.88. The van der Waals surface area contributed by atoms with E-state index >= 15 is 0 Å². The Morgan fingerprint density at radius 2 is 1.95 bits per heavy atom. The lowest BCUT2D eigenvalue weighted by Gasteiger charge is -2.26. The highest BCUT2D eigenvalue weighted by molar-refractivity contribution is 7.89. The third-order valence-corrected chi connectivity index (χ3v) is 5.12. The summed E-state index contributed by atoms with van der Waals surface area (Å²) in [5.74, 6) is -0.594. The van der Waals surface area contributed by atoms with E-state index in [2.05, 4.69) is 0 Å². The van der Waals surface area contributed by atoms with Gasteiger partial charge in [0.25, 0.3) is 0 Å². The molecule has 0 amide bonds. The molecule has 0 bridgehead atoms. The van der Waals surface area contributed by atoms with Gasteiger partial charge in [-0.2, -0.15) is 4.31 Å². The minimum atomic E-state index is -3.65. The van der Waals surface area contributed by atoms with E-state index in [-0.39, 0.29) is 16.6 Å². The predicted octanol–water partition coefficient (Wildman–Crippen LogP) is 2.53. The third-order valence-electron chi connectivity index (χ3n) is 2.90. The average Bonchev–Trinajstić information content (AvgIpc) is 2.29. The molecular formula is C13H21FN2O2S. The summed E-state index contributed by atoms with van der Waals surface area (Å²) in [6.45, 7) is 7.54. The number of halogens is 1. The number of rotatable bonds is 5. The molecule has 1 aromatic rings. The van der Waals surface area contributed by atoms with Crippen molar-refractivity contribution in [2.45, 2.75) is 45.1 Å². The number of aryl methyl sites for hydroxylation is 1. The SMILES string of the molecule is CCCN(C(C)C)S(=O)(=O)c1cc(N)c(F)cc1C. The first-order chi connectivity index (χ1) is 8.71. The monoisotopic (exact) mass is 288 g/mol. The molecule has 19 heavy (non-hydrogen) atoms. The smallest absolute Gasteiger partial charge is 0.243 e. The molecule has 1 aromatic carbocycles. The maximum Gasteiger partial charge on any atom is 0.243 e. The van der Waals surface area contributed by atoms with E-state index in [9.17, 15) is 12.8 Å². The molecule has 0 heterocycles. The lowest BCUT2D eigenvalue weighted by molar-refractivity contribution is 0.354. The molecule has 0 fully saturated rings. The van der Waals surface area contributed by atoms with Crippen molar-refractivity contribution in [2.24, 2.45) is 0 Å². The molecule has 0 aliphatic heterocycles. The van der Waals surface area contributed by atoms with Gasteiger partial charge >= 0.3 is 0 Å². The Bertz CT molecular complexity index is 556. The van der Waals surface area contributed by atoms with Gasteiger partial charge in [0.2, 0.25) is 10.0 Å². The van der Waals surface area contributed by atoms with E-state index < -0.39 is 15.8 Å². The van der Waals surface area contributed by atoms with E-state index in [0.717, 1.165) is 6.07 Å². The summed E-state index contributed by atoms with van der Waals surface area (Å²) in [6.07, 6.45) is 0.715. The third kappa shape index (κ3) is 3.25. The molecule has 2 N–H and O–H groups in total. The number of benzene rings is 1. The molecule has 0 aromatic heterocycles. The maximum absolute atomic E-state index is 13.3. The molecule has 0 radical (unpaired) electrons. The average molecular weight is 288 g/mol. The molecule has 0 saturated heterocycles. The Kier molecular flexibility index (Phi) is 4.92. The van der Waals surface area contributed by atoms with Crippen LogP contribution >= 0.6 is 0 Å². The van der Waals surface area contributed by atoms with Gasteiger partial charge < -0.3 is 5.73 Å². The van der Waals surface area contributed by atoms with Gasteiger partial charge in [-0.05, 0) is 44.9 Å².